The van der Waals surface area contributed by atoms with E-state index in [-0.39, 0.29) is 17.2 Å². The van der Waals surface area contributed by atoms with Gasteiger partial charge >= 0.3 is 5.97 Å². The van der Waals surface area contributed by atoms with E-state index in [0.717, 1.165) is 6.42 Å². The fourth-order valence-electron chi connectivity index (χ4n) is 6.00. The third kappa shape index (κ3) is 2.30. The Bertz CT molecular complexity index is 573. The summed E-state index contributed by atoms with van der Waals surface area (Å²) in [5.41, 5.74) is 0.826. The summed E-state index contributed by atoms with van der Waals surface area (Å²) in [6.45, 7) is 8.98. The van der Waals surface area contributed by atoms with Crippen LogP contribution in [0.3, 0.4) is 0 Å². The molecule has 0 saturated heterocycles. The Kier molecular flexibility index (Phi) is 3.77. The number of carbonyl (C=O) groups is 2. The molecule has 0 N–H and O–H groups in total. The van der Waals surface area contributed by atoms with Crippen LogP contribution in [0.2, 0.25) is 0 Å². The van der Waals surface area contributed by atoms with Gasteiger partial charge in [-0.25, -0.2) is 0 Å². The smallest absolute Gasteiger partial charge is 0.319 e. The van der Waals surface area contributed by atoms with E-state index in [0.29, 0.717) is 23.7 Å². The van der Waals surface area contributed by atoms with E-state index in [1.54, 1.807) is 13.0 Å². The molecule has 0 amide bonds. The Morgan fingerprint density at radius 2 is 1.91 bits per heavy atom. The van der Waals surface area contributed by atoms with Crippen LogP contribution < -0.4 is 0 Å². The maximum atomic E-state index is 12.6. The molecule has 0 aromatic carbocycles. The van der Waals surface area contributed by atoms with Crippen molar-refractivity contribution in [1.29, 1.82) is 0 Å². The highest BCUT2D eigenvalue weighted by Crippen LogP contribution is 2.63. The Balaban J connectivity index is 2.02. The lowest BCUT2D eigenvalue weighted by Gasteiger charge is -2.59. The van der Waals surface area contributed by atoms with Gasteiger partial charge in [-0.2, -0.15) is 0 Å². The molecule has 0 heterocycles. The summed E-state index contributed by atoms with van der Waals surface area (Å²) in [5.74, 6) is 0.565. The van der Waals surface area contributed by atoms with Crippen LogP contribution in [0.4, 0.5) is 0 Å². The molecular weight excluding hydrogens is 288 g/mol. The van der Waals surface area contributed by atoms with E-state index in [1.165, 1.54) is 38.4 Å². The maximum absolute atomic E-state index is 12.6. The molecule has 4 atom stereocenters. The Morgan fingerprint density at radius 1 is 1.22 bits per heavy atom. The van der Waals surface area contributed by atoms with Gasteiger partial charge < -0.3 is 4.74 Å². The molecule has 3 nitrogen and oxygen atoms in total. The van der Waals surface area contributed by atoms with Crippen LogP contribution in [0.25, 0.3) is 0 Å². The number of esters is 1. The molecule has 0 spiro atoms. The fourth-order valence-corrected chi connectivity index (χ4v) is 6.00. The lowest BCUT2D eigenvalue weighted by Crippen LogP contribution is -2.53. The quantitative estimate of drug-likeness (QED) is 0.534. The van der Waals surface area contributed by atoms with Crippen LogP contribution in [0.5, 0.6) is 0 Å². The predicted molar refractivity (Wildman–Crippen MR) is 89.8 cm³/mol. The summed E-state index contributed by atoms with van der Waals surface area (Å²) in [6, 6.07) is 0. The Hall–Kier alpha value is -1.12. The molecule has 0 aliphatic heterocycles. The molecule has 0 aromatic rings. The van der Waals surface area contributed by atoms with Crippen molar-refractivity contribution >= 4 is 11.8 Å². The van der Waals surface area contributed by atoms with Crippen molar-refractivity contribution in [2.75, 3.05) is 7.11 Å². The van der Waals surface area contributed by atoms with Gasteiger partial charge in [-0.15, -0.1) is 0 Å². The number of rotatable bonds is 1. The molecule has 3 rings (SSSR count). The summed E-state index contributed by atoms with van der Waals surface area (Å²) in [4.78, 5) is 24.9. The van der Waals surface area contributed by atoms with E-state index in [2.05, 4.69) is 20.8 Å². The highest BCUT2D eigenvalue weighted by Gasteiger charge is 2.58. The summed E-state index contributed by atoms with van der Waals surface area (Å²) >= 11 is 0. The summed E-state index contributed by atoms with van der Waals surface area (Å²) in [7, 11) is 1.38. The minimum Gasteiger partial charge on any atom is -0.468 e. The second-order valence-corrected chi connectivity index (χ2v) is 9.10. The molecule has 3 heteroatoms. The standard InChI is InChI=1S/C20H30O3/c1-18(2)9-6-10-19(3)14-12-20(4,17(22)23-5)16(21)11-13(14)7-8-15(18)19/h11,14-15H,6-10,12H2,1-5H3/t14-,15-,19+,20+/m0/s1. The highest BCUT2D eigenvalue weighted by atomic mass is 16.5. The van der Waals surface area contributed by atoms with Gasteiger partial charge in [0.1, 0.15) is 5.41 Å². The van der Waals surface area contributed by atoms with Gasteiger partial charge in [0.15, 0.2) is 5.78 Å². The molecule has 0 aromatic heterocycles. The maximum Gasteiger partial charge on any atom is 0.319 e. The largest absolute Gasteiger partial charge is 0.468 e. The number of fused-ring (bicyclic) bond motifs is 3. The van der Waals surface area contributed by atoms with E-state index in [4.69, 9.17) is 4.74 Å². The highest BCUT2D eigenvalue weighted by molar-refractivity contribution is 6.10. The minimum absolute atomic E-state index is 0.0623. The number of methoxy groups -OCH3 is 1. The third-order valence-corrected chi connectivity index (χ3v) is 7.35. The summed E-state index contributed by atoms with van der Waals surface area (Å²) in [5, 5.41) is 0. The van der Waals surface area contributed by atoms with Gasteiger partial charge in [0.2, 0.25) is 0 Å². The lowest BCUT2D eigenvalue weighted by molar-refractivity contribution is -0.159. The first-order chi connectivity index (χ1) is 10.6. The predicted octanol–water partition coefficient (Wildman–Crippen LogP) is 4.31. The minimum atomic E-state index is -1.00. The average molecular weight is 318 g/mol. The molecule has 2 fully saturated rings. The lowest BCUT2D eigenvalue weighted by atomic mass is 9.45. The monoisotopic (exact) mass is 318 g/mol. The molecular formula is C20H30O3. The molecule has 0 bridgehead atoms. The van der Waals surface area contributed by atoms with Crippen LogP contribution in [0.15, 0.2) is 11.6 Å². The van der Waals surface area contributed by atoms with Crippen LogP contribution in [-0.4, -0.2) is 18.9 Å². The zero-order valence-electron chi connectivity index (χ0n) is 15.2. The van der Waals surface area contributed by atoms with Crippen molar-refractivity contribution in [3.05, 3.63) is 11.6 Å². The number of allylic oxidation sites excluding steroid dienone is 2. The van der Waals surface area contributed by atoms with Crippen molar-refractivity contribution < 1.29 is 14.3 Å². The molecule has 3 aliphatic carbocycles. The van der Waals surface area contributed by atoms with Crippen LogP contribution in [0.1, 0.15) is 66.2 Å². The first-order valence-corrected chi connectivity index (χ1v) is 8.98. The zero-order chi connectivity index (χ0) is 17.0. The van der Waals surface area contributed by atoms with Gasteiger partial charge in [0.25, 0.3) is 0 Å². The van der Waals surface area contributed by atoms with Gasteiger partial charge in [0.05, 0.1) is 7.11 Å². The normalized spacial score (nSPS) is 42.3. The topological polar surface area (TPSA) is 43.4 Å². The number of hydrogen-bond acceptors (Lipinski definition) is 3. The Labute approximate surface area is 139 Å². The number of carbonyl (C=O) groups excluding carboxylic acids is 2. The average Bonchev–Trinajstić information content (AvgIpc) is 2.47. The molecule has 3 aliphatic rings. The van der Waals surface area contributed by atoms with Crippen LogP contribution >= 0.6 is 0 Å². The Morgan fingerprint density at radius 3 is 2.57 bits per heavy atom. The van der Waals surface area contributed by atoms with Crippen molar-refractivity contribution in [1.82, 2.24) is 0 Å². The van der Waals surface area contributed by atoms with E-state index < -0.39 is 5.41 Å². The van der Waals surface area contributed by atoms with Gasteiger partial charge in [-0.1, -0.05) is 32.8 Å². The third-order valence-electron chi connectivity index (χ3n) is 7.35. The second-order valence-electron chi connectivity index (χ2n) is 9.10. The number of ketones is 1. The number of ether oxygens (including phenoxy) is 1. The summed E-state index contributed by atoms with van der Waals surface area (Å²) < 4.78 is 4.96. The molecule has 0 radical (unpaired) electrons. The van der Waals surface area contributed by atoms with Crippen molar-refractivity contribution in [3.63, 3.8) is 0 Å². The van der Waals surface area contributed by atoms with Gasteiger partial charge in [0, 0.05) is 0 Å². The number of hydrogen-bond donors (Lipinski definition) is 0. The second kappa shape index (κ2) is 5.19. The zero-order valence-corrected chi connectivity index (χ0v) is 15.2. The SMILES string of the molecule is COC(=O)[C@]1(C)C[C@H]2C(=CC1=O)CC[C@H]1C(C)(C)CCC[C@]21C. The molecule has 0 unspecified atom stereocenters. The van der Waals surface area contributed by atoms with Gasteiger partial charge in [-0.3, -0.25) is 9.59 Å². The van der Waals surface area contributed by atoms with Crippen LogP contribution in [0, 0.1) is 28.1 Å². The van der Waals surface area contributed by atoms with Crippen molar-refractivity contribution in [2.45, 2.75) is 66.2 Å². The fraction of sp³-hybridized carbons (Fsp3) is 0.800. The van der Waals surface area contributed by atoms with Crippen molar-refractivity contribution in [3.8, 4) is 0 Å². The first-order valence-electron chi connectivity index (χ1n) is 8.98. The van der Waals surface area contributed by atoms with Gasteiger partial charge in [-0.05, 0) is 67.8 Å². The van der Waals surface area contributed by atoms with E-state index in [9.17, 15) is 9.59 Å². The van der Waals surface area contributed by atoms with Crippen LogP contribution in [-0.2, 0) is 14.3 Å². The van der Waals surface area contributed by atoms with E-state index in [1.807, 2.05) is 0 Å². The first kappa shape index (κ1) is 16.7. The molecule has 128 valence electrons. The van der Waals surface area contributed by atoms with E-state index >= 15 is 0 Å². The molecule has 2 saturated carbocycles. The molecule has 23 heavy (non-hydrogen) atoms. The summed E-state index contributed by atoms with van der Waals surface area (Å²) in [6.07, 6.45) is 8.32. The van der Waals surface area contributed by atoms with Crippen molar-refractivity contribution in [2.24, 2.45) is 28.1 Å².